The summed E-state index contributed by atoms with van der Waals surface area (Å²) in [6.07, 6.45) is -13.9. The van der Waals surface area contributed by atoms with Crippen LogP contribution >= 0.6 is 22.6 Å². The first-order valence-corrected chi connectivity index (χ1v) is 6.40. The Balaban J connectivity index is 3.39. The molecule has 0 aromatic heterocycles. The fourth-order valence-electron chi connectivity index (χ4n) is 1.65. The van der Waals surface area contributed by atoms with Gasteiger partial charge in [0.15, 0.2) is 0 Å². The van der Waals surface area contributed by atoms with Gasteiger partial charge in [-0.2, -0.15) is 26.3 Å². The van der Waals surface area contributed by atoms with E-state index in [0.717, 1.165) is 6.07 Å². The molecule has 0 heterocycles. The lowest BCUT2D eigenvalue weighted by atomic mass is 9.93. The molecule has 0 aliphatic carbocycles. The van der Waals surface area contributed by atoms with Crippen molar-refractivity contribution in [1.29, 1.82) is 0 Å². The fourth-order valence-corrected chi connectivity index (χ4v) is 2.30. The molecule has 0 radical (unpaired) electrons. The van der Waals surface area contributed by atoms with Crippen LogP contribution in [0, 0.1) is 3.57 Å². The molecule has 0 saturated heterocycles. The molecule has 0 aliphatic heterocycles. The van der Waals surface area contributed by atoms with Crippen molar-refractivity contribution in [3.63, 3.8) is 0 Å². The van der Waals surface area contributed by atoms with Gasteiger partial charge < -0.3 is 5.73 Å². The molecule has 0 spiro atoms. The maximum absolute atomic E-state index is 13.2. The molecule has 2 unspecified atom stereocenters. The molecule has 0 aliphatic rings. The number of halogens is 9. The highest BCUT2D eigenvalue weighted by atomic mass is 127. The second-order valence-electron chi connectivity index (χ2n) is 4.17. The van der Waals surface area contributed by atoms with Gasteiger partial charge in [0.1, 0.15) is 0 Å². The summed E-state index contributed by atoms with van der Waals surface area (Å²) >= 11 is 1.36. The Morgan fingerprint density at radius 2 is 1.62 bits per heavy atom. The third kappa shape index (κ3) is 4.10. The van der Waals surface area contributed by atoms with Crippen LogP contribution in [0.5, 0.6) is 0 Å². The van der Waals surface area contributed by atoms with Crippen LogP contribution in [0.4, 0.5) is 40.8 Å². The zero-order valence-electron chi connectivity index (χ0n) is 10.00. The summed E-state index contributed by atoms with van der Waals surface area (Å²) in [6.45, 7) is -1.79. The molecule has 1 nitrogen and oxygen atoms in total. The third-order valence-corrected chi connectivity index (χ3v) is 3.61. The normalized spacial score (nSPS) is 15.9. The summed E-state index contributed by atoms with van der Waals surface area (Å²) in [5.41, 5.74) is 2.34. The quantitative estimate of drug-likeness (QED) is 0.412. The van der Waals surface area contributed by atoms with Crippen LogP contribution in [-0.4, -0.2) is 19.0 Å². The van der Waals surface area contributed by atoms with Crippen LogP contribution in [-0.2, 0) is 6.18 Å². The van der Waals surface area contributed by atoms with Crippen molar-refractivity contribution in [2.45, 2.75) is 24.4 Å². The molecule has 1 rings (SSSR count). The van der Waals surface area contributed by atoms with Crippen LogP contribution < -0.4 is 5.73 Å². The molecule has 2 N–H and O–H groups in total. The van der Waals surface area contributed by atoms with E-state index in [9.17, 15) is 35.1 Å². The number of hydrogen-bond donors (Lipinski definition) is 1. The molecule has 10 heteroatoms. The standard InChI is InChI=1S/C11H8F8IN/c12-3-5(9(13)11(17,18)19)4-1-6(10(14,15)16)8(21)7(20)2-4/h1-2,5,9H,3,21H2. The molecule has 120 valence electrons. The fraction of sp³-hybridized carbons (Fsp3) is 0.455. The Labute approximate surface area is 127 Å². The highest BCUT2D eigenvalue weighted by Gasteiger charge is 2.46. The largest absolute Gasteiger partial charge is 0.420 e. The van der Waals surface area contributed by atoms with Crippen molar-refractivity contribution < 1.29 is 35.1 Å². The lowest BCUT2D eigenvalue weighted by Gasteiger charge is -2.23. The summed E-state index contributed by atoms with van der Waals surface area (Å²) in [5, 5.41) is 0. The molecule has 0 fully saturated rings. The minimum atomic E-state index is -5.37. The van der Waals surface area contributed by atoms with Crippen LogP contribution in [0.25, 0.3) is 0 Å². The maximum Gasteiger partial charge on any atom is 0.420 e. The van der Waals surface area contributed by atoms with Gasteiger partial charge in [0.2, 0.25) is 6.17 Å². The molecular weight excluding hydrogens is 425 g/mol. The molecule has 1 aromatic carbocycles. The van der Waals surface area contributed by atoms with Gasteiger partial charge in [-0.15, -0.1) is 0 Å². The Morgan fingerprint density at radius 1 is 1.10 bits per heavy atom. The number of nitrogens with two attached hydrogens (primary N) is 1. The average Bonchev–Trinajstić information content (AvgIpc) is 2.31. The second kappa shape index (κ2) is 6.13. The maximum atomic E-state index is 13.2. The van der Waals surface area contributed by atoms with Crippen LogP contribution in [0.15, 0.2) is 12.1 Å². The number of rotatable bonds is 3. The second-order valence-corrected chi connectivity index (χ2v) is 5.33. The molecule has 0 amide bonds. The first kappa shape index (κ1) is 18.2. The molecule has 21 heavy (non-hydrogen) atoms. The van der Waals surface area contributed by atoms with Gasteiger partial charge in [0, 0.05) is 3.57 Å². The Bertz CT molecular complexity index is 510. The summed E-state index contributed by atoms with van der Waals surface area (Å²) < 4.78 is 101. The molecule has 0 bridgehead atoms. The Kier molecular flexibility index (Phi) is 5.32. The number of nitrogen functional groups attached to an aromatic ring is 1. The Hall–Kier alpha value is -0.810. The molecule has 1 aromatic rings. The first-order valence-electron chi connectivity index (χ1n) is 5.32. The van der Waals surface area contributed by atoms with Crippen molar-refractivity contribution in [3.8, 4) is 0 Å². The minimum Gasteiger partial charge on any atom is -0.397 e. The van der Waals surface area contributed by atoms with Crippen molar-refractivity contribution in [2.24, 2.45) is 0 Å². The first-order chi connectivity index (χ1) is 9.39. The van der Waals surface area contributed by atoms with Crippen molar-refractivity contribution in [3.05, 3.63) is 26.8 Å². The summed E-state index contributed by atoms with van der Waals surface area (Å²) in [4.78, 5) is 0. The van der Waals surface area contributed by atoms with E-state index in [4.69, 9.17) is 5.73 Å². The summed E-state index contributed by atoms with van der Waals surface area (Å²) in [6, 6.07) is 1.06. The zero-order valence-corrected chi connectivity index (χ0v) is 12.2. The van der Waals surface area contributed by atoms with Crippen LogP contribution in [0.2, 0.25) is 0 Å². The van der Waals surface area contributed by atoms with Crippen LogP contribution in [0.3, 0.4) is 0 Å². The van der Waals surface area contributed by atoms with Gasteiger partial charge in [-0.1, -0.05) is 0 Å². The van der Waals surface area contributed by atoms with Gasteiger partial charge in [-0.05, 0) is 40.3 Å². The Morgan fingerprint density at radius 3 is 2.00 bits per heavy atom. The van der Waals surface area contributed by atoms with E-state index in [1.165, 1.54) is 22.6 Å². The third-order valence-electron chi connectivity index (χ3n) is 2.72. The smallest absolute Gasteiger partial charge is 0.397 e. The van der Waals surface area contributed by atoms with Crippen molar-refractivity contribution in [1.82, 2.24) is 0 Å². The predicted octanol–water partition coefficient (Wildman–Crippen LogP) is 4.85. The SMILES string of the molecule is Nc1c(I)cc(C(CF)C(F)C(F)(F)F)cc1C(F)(F)F. The van der Waals surface area contributed by atoms with E-state index in [2.05, 4.69) is 0 Å². The lowest BCUT2D eigenvalue weighted by molar-refractivity contribution is -0.187. The van der Waals surface area contributed by atoms with Crippen molar-refractivity contribution in [2.75, 3.05) is 12.4 Å². The van der Waals surface area contributed by atoms with Crippen molar-refractivity contribution >= 4 is 28.3 Å². The molecule has 2 atom stereocenters. The van der Waals surface area contributed by atoms with E-state index in [0.29, 0.717) is 0 Å². The number of hydrogen-bond acceptors (Lipinski definition) is 1. The summed E-state index contributed by atoms with van der Waals surface area (Å²) in [7, 11) is 0. The van der Waals surface area contributed by atoms with E-state index >= 15 is 0 Å². The van der Waals surface area contributed by atoms with Gasteiger partial charge in [-0.3, -0.25) is 4.39 Å². The topological polar surface area (TPSA) is 26.0 Å². The van der Waals surface area contributed by atoms with Gasteiger partial charge >= 0.3 is 12.4 Å². The highest BCUT2D eigenvalue weighted by Crippen LogP contribution is 2.41. The van der Waals surface area contributed by atoms with Gasteiger partial charge in [0.05, 0.1) is 23.8 Å². The number of anilines is 1. The van der Waals surface area contributed by atoms with Gasteiger partial charge in [0.25, 0.3) is 0 Å². The van der Waals surface area contributed by atoms with Gasteiger partial charge in [-0.25, -0.2) is 4.39 Å². The minimum absolute atomic E-state index is 0.231. The van der Waals surface area contributed by atoms with E-state index in [1.54, 1.807) is 0 Å². The van der Waals surface area contributed by atoms with E-state index < -0.39 is 47.9 Å². The number of benzene rings is 1. The predicted molar refractivity (Wildman–Crippen MR) is 68.2 cm³/mol. The highest BCUT2D eigenvalue weighted by molar-refractivity contribution is 14.1. The zero-order chi connectivity index (χ0) is 16.6. The summed E-state index contributed by atoms with van der Waals surface area (Å²) in [5.74, 6) is -2.37. The van der Waals surface area contributed by atoms with E-state index in [-0.39, 0.29) is 9.64 Å². The van der Waals surface area contributed by atoms with E-state index in [1.807, 2.05) is 0 Å². The monoisotopic (exact) mass is 433 g/mol. The molecular formula is C11H8F8IN. The molecule has 0 saturated carbocycles. The average molecular weight is 433 g/mol. The number of alkyl halides is 8. The lowest BCUT2D eigenvalue weighted by Crippen LogP contribution is -2.32. The van der Waals surface area contributed by atoms with Crippen LogP contribution in [0.1, 0.15) is 17.0 Å².